The van der Waals surface area contributed by atoms with Gasteiger partial charge in [-0.3, -0.25) is 14.2 Å². The fourth-order valence-electron chi connectivity index (χ4n) is 3.79. The normalized spacial score (nSPS) is 13.4. The van der Waals surface area contributed by atoms with Crippen LogP contribution in [0.2, 0.25) is 0 Å². The molecule has 0 unspecified atom stereocenters. The van der Waals surface area contributed by atoms with Gasteiger partial charge in [-0.2, -0.15) is 0 Å². The Balaban J connectivity index is 1.71. The van der Waals surface area contributed by atoms with Crippen LogP contribution in [-0.2, 0) is 30.6 Å². The Morgan fingerprint density at radius 1 is 1.24 bits per heavy atom. The van der Waals surface area contributed by atoms with Gasteiger partial charge in [0.25, 0.3) is 5.56 Å². The number of aromatic nitrogens is 2. The van der Waals surface area contributed by atoms with Crippen LogP contribution in [0.4, 0.5) is 0 Å². The van der Waals surface area contributed by atoms with Gasteiger partial charge in [0.15, 0.2) is 5.16 Å². The number of nitrogens with one attached hydrogen (secondary N) is 1. The number of hydrogen-bond acceptors (Lipinski definition) is 5. The van der Waals surface area contributed by atoms with Crippen LogP contribution in [0.25, 0.3) is 10.2 Å². The summed E-state index contributed by atoms with van der Waals surface area (Å²) in [5, 5.41) is 4.26. The summed E-state index contributed by atoms with van der Waals surface area (Å²) in [7, 11) is 0. The summed E-state index contributed by atoms with van der Waals surface area (Å²) in [6.45, 7) is 3.07. The highest BCUT2D eigenvalue weighted by atomic mass is 32.2. The van der Waals surface area contributed by atoms with Crippen molar-refractivity contribution in [1.29, 1.82) is 0 Å². The molecule has 0 fully saturated rings. The molecule has 1 amide bonds. The minimum absolute atomic E-state index is 0.0353. The molecule has 0 saturated heterocycles. The van der Waals surface area contributed by atoms with Crippen molar-refractivity contribution in [3.8, 4) is 0 Å². The first-order chi connectivity index (χ1) is 14.2. The number of fused-ring (bicyclic) bond motifs is 3. The zero-order valence-electron chi connectivity index (χ0n) is 16.6. The number of carbonyl (C=O) groups is 1. The predicted molar refractivity (Wildman–Crippen MR) is 120 cm³/mol. The number of aryl methyl sites for hydroxylation is 3. The lowest BCUT2D eigenvalue weighted by Gasteiger charge is -2.13. The number of benzene rings is 1. The fraction of sp³-hybridized carbons (Fsp3) is 0.409. The molecular formula is C22H25N3O2S2. The lowest BCUT2D eigenvalue weighted by molar-refractivity contribution is -0.118. The Morgan fingerprint density at radius 3 is 2.83 bits per heavy atom. The number of hydrogen-bond donors (Lipinski definition) is 1. The van der Waals surface area contributed by atoms with E-state index in [0.717, 1.165) is 35.9 Å². The van der Waals surface area contributed by atoms with Gasteiger partial charge in [0.05, 0.1) is 11.1 Å². The van der Waals surface area contributed by atoms with Crippen LogP contribution in [0, 0.1) is 0 Å². The summed E-state index contributed by atoms with van der Waals surface area (Å²) in [5.74, 6) is 0.231. The van der Waals surface area contributed by atoms with Gasteiger partial charge in [0.1, 0.15) is 4.83 Å². The SMILES string of the molecule is CCNC(=O)CSc1nc2sc3c(c2c(=O)n1CCc1ccccc1)CCCC3. The molecule has 1 aliphatic rings. The Morgan fingerprint density at radius 2 is 2.03 bits per heavy atom. The second-order valence-electron chi connectivity index (χ2n) is 7.22. The van der Waals surface area contributed by atoms with Crippen LogP contribution in [0.3, 0.4) is 0 Å². The molecule has 3 aromatic rings. The van der Waals surface area contributed by atoms with E-state index in [-0.39, 0.29) is 17.2 Å². The lowest BCUT2D eigenvalue weighted by atomic mass is 9.97. The van der Waals surface area contributed by atoms with Crippen molar-refractivity contribution in [3.05, 3.63) is 56.7 Å². The molecular weight excluding hydrogens is 402 g/mol. The molecule has 1 aliphatic carbocycles. The molecule has 2 heterocycles. The molecule has 0 aliphatic heterocycles. The Labute approximate surface area is 178 Å². The maximum absolute atomic E-state index is 13.5. The number of thioether (sulfide) groups is 1. The fourth-order valence-corrected chi connectivity index (χ4v) is 5.95. The van der Waals surface area contributed by atoms with Crippen molar-refractivity contribution in [2.75, 3.05) is 12.3 Å². The largest absolute Gasteiger partial charge is 0.356 e. The highest BCUT2D eigenvalue weighted by Gasteiger charge is 2.22. The third kappa shape index (κ3) is 4.41. The van der Waals surface area contributed by atoms with Gasteiger partial charge >= 0.3 is 0 Å². The minimum Gasteiger partial charge on any atom is -0.356 e. The van der Waals surface area contributed by atoms with Crippen molar-refractivity contribution in [3.63, 3.8) is 0 Å². The Bertz CT molecular complexity index is 1070. The van der Waals surface area contributed by atoms with Crippen molar-refractivity contribution >= 4 is 39.2 Å². The molecule has 0 saturated carbocycles. The van der Waals surface area contributed by atoms with Crippen molar-refractivity contribution < 1.29 is 4.79 Å². The highest BCUT2D eigenvalue weighted by molar-refractivity contribution is 7.99. The second kappa shape index (κ2) is 9.13. The van der Waals surface area contributed by atoms with Gasteiger partial charge in [0.2, 0.25) is 5.91 Å². The van der Waals surface area contributed by atoms with Gasteiger partial charge in [-0.25, -0.2) is 4.98 Å². The van der Waals surface area contributed by atoms with Crippen molar-refractivity contribution in [1.82, 2.24) is 14.9 Å². The zero-order valence-corrected chi connectivity index (χ0v) is 18.2. The molecule has 0 atom stereocenters. The molecule has 0 spiro atoms. The van der Waals surface area contributed by atoms with E-state index in [9.17, 15) is 9.59 Å². The Hall–Kier alpha value is -2.12. The molecule has 1 N–H and O–H groups in total. The van der Waals surface area contributed by atoms with Crippen molar-refractivity contribution in [2.24, 2.45) is 0 Å². The van der Waals surface area contributed by atoms with E-state index in [1.807, 2.05) is 25.1 Å². The molecule has 1 aromatic carbocycles. The van der Waals surface area contributed by atoms with Crippen LogP contribution in [0.1, 0.15) is 35.8 Å². The number of carbonyl (C=O) groups excluding carboxylic acids is 1. The van der Waals surface area contributed by atoms with Gasteiger partial charge < -0.3 is 5.32 Å². The average Bonchev–Trinajstić information content (AvgIpc) is 3.11. The molecule has 152 valence electrons. The quantitative estimate of drug-likeness (QED) is 0.460. The summed E-state index contributed by atoms with van der Waals surface area (Å²) >= 11 is 3.01. The van der Waals surface area contributed by atoms with Crippen LogP contribution < -0.4 is 10.9 Å². The van der Waals surface area contributed by atoms with Crippen LogP contribution >= 0.6 is 23.1 Å². The molecule has 7 heteroatoms. The van der Waals surface area contributed by atoms with Crippen LogP contribution in [0.15, 0.2) is 40.3 Å². The zero-order chi connectivity index (χ0) is 20.2. The van der Waals surface area contributed by atoms with E-state index < -0.39 is 0 Å². The van der Waals surface area contributed by atoms with Gasteiger partial charge in [-0.15, -0.1) is 11.3 Å². The predicted octanol–water partition coefficient (Wildman–Crippen LogP) is 3.81. The number of amides is 1. The van der Waals surface area contributed by atoms with Crippen LogP contribution in [-0.4, -0.2) is 27.8 Å². The van der Waals surface area contributed by atoms with Gasteiger partial charge in [0, 0.05) is 18.0 Å². The van der Waals surface area contributed by atoms with E-state index in [2.05, 4.69) is 17.4 Å². The molecule has 0 bridgehead atoms. The topological polar surface area (TPSA) is 64.0 Å². The smallest absolute Gasteiger partial charge is 0.263 e. The van der Waals surface area contributed by atoms with Crippen LogP contribution in [0.5, 0.6) is 0 Å². The van der Waals surface area contributed by atoms with Crippen molar-refractivity contribution in [2.45, 2.75) is 50.7 Å². The number of nitrogens with zero attached hydrogens (tertiary/aromatic N) is 2. The van der Waals surface area contributed by atoms with Gasteiger partial charge in [-0.1, -0.05) is 42.1 Å². The summed E-state index contributed by atoms with van der Waals surface area (Å²) in [5.41, 5.74) is 2.44. The maximum Gasteiger partial charge on any atom is 0.263 e. The molecule has 5 nitrogen and oxygen atoms in total. The summed E-state index contributed by atoms with van der Waals surface area (Å²) in [4.78, 5) is 32.5. The molecule has 2 aromatic heterocycles. The highest BCUT2D eigenvalue weighted by Crippen LogP contribution is 2.34. The summed E-state index contributed by atoms with van der Waals surface area (Å²) in [6, 6.07) is 10.2. The first-order valence-corrected chi connectivity index (χ1v) is 12.0. The van der Waals surface area contributed by atoms with E-state index in [1.165, 1.54) is 34.2 Å². The van der Waals surface area contributed by atoms with E-state index in [4.69, 9.17) is 4.98 Å². The number of thiophene rings is 1. The average molecular weight is 428 g/mol. The minimum atomic E-state index is -0.0353. The monoisotopic (exact) mass is 427 g/mol. The Kier molecular flexibility index (Phi) is 6.35. The summed E-state index contributed by atoms with van der Waals surface area (Å²) in [6.07, 6.45) is 5.09. The van der Waals surface area contributed by atoms with Gasteiger partial charge in [-0.05, 0) is 50.2 Å². The maximum atomic E-state index is 13.5. The second-order valence-corrected chi connectivity index (χ2v) is 9.25. The molecule has 29 heavy (non-hydrogen) atoms. The van der Waals surface area contributed by atoms with E-state index in [0.29, 0.717) is 18.2 Å². The third-order valence-electron chi connectivity index (χ3n) is 5.21. The standard InChI is InChI=1S/C22H25N3O2S2/c1-2-23-18(26)14-28-22-24-20-19(16-10-6-7-11-17(16)29-20)21(27)25(22)13-12-15-8-4-3-5-9-15/h3-5,8-9H,2,6-7,10-14H2,1H3,(H,23,26). The van der Waals surface area contributed by atoms with E-state index in [1.54, 1.807) is 15.9 Å². The molecule has 4 rings (SSSR count). The van der Waals surface area contributed by atoms with E-state index >= 15 is 0 Å². The first-order valence-electron chi connectivity index (χ1n) is 10.2. The number of rotatable bonds is 7. The molecule has 0 radical (unpaired) electrons. The first kappa shape index (κ1) is 20.2. The summed E-state index contributed by atoms with van der Waals surface area (Å²) < 4.78 is 1.78. The third-order valence-corrected chi connectivity index (χ3v) is 7.38. The lowest BCUT2D eigenvalue weighted by Crippen LogP contribution is -2.27.